The predicted octanol–water partition coefficient (Wildman–Crippen LogP) is 1.54. The number of hydrogen-bond acceptors (Lipinski definition) is 6. The number of ether oxygens (including phenoxy) is 4. The second-order valence-corrected chi connectivity index (χ2v) is 5.98. The van der Waals surface area contributed by atoms with Gasteiger partial charge in [-0.2, -0.15) is 0 Å². The van der Waals surface area contributed by atoms with Gasteiger partial charge in [-0.15, -0.1) is 13.2 Å². The summed E-state index contributed by atoms with van der Waals surface area (Å²) >= 11 is 0. The average Bonchev–Trinajstić information content (AvgIpc) is 2.66. The molecule has 0 bridgehead atoms. The molecule has 0 aliphatic rings. The topological polar surface area (TPSA) is 83.0 Å². The third-order valence-corrected chi connectivity index (χ3v) is 3.48. The van der Waals surface area contributed by atoms with Crippen molar-refractivity contribution in [1.82, 2.24) is 0 Å². The summed E-state index contributed by atoms with van der Waals surface area (Å²) < 4.78 is 20.5. The molecule has 0 saturated carbocycles. The second kappa shape index (κ2) is 34.1. The SMILES string of the molecule is CCCCCCOCCOCC[O-].CCCCCCOCCOCC[O-].[Mg+2]. The van der Waals surface area contributed by atoms with Gasteiger partial charge in [0.05, 0.1) is 26.4 Å². The normalized spacial score (nSPS) is 10.2. The van der Waals surface area contributed by atoms with Crippen molar-refractivity contribution in [1.29, 1.82) is 0 Å². The monoisotopic (exact) mass is 402 g/mol. The van der Waals surface area contributed by atoms with Crippen LogP contribution in [-0.2, 0) is 18.9 Å². The molecule has 0 spiro atoms. The third kappa shape index (κ3) is 37.9. The van der Waals surface area contributed by atoms with Gasteiger partial charge < -0.3 is 29.2 Å². The number of rotatable bonds is 20. The molecule has 0 N–H and O–H groups in total. The quantitative estimate of drug-likeness (QED) is 0.227. The molecule has 6 nitrogen and oxygen atoms in total. The summed E-state index contributed by atoms with van der Waals surface area (Å²) in [5.74, 6) is 0. The van der Waals surface area contributed by atoms with E-state index in [1.165, 1.54) is 38.5 Å². The molecular weight excluding hydrogens is 361 g/mol. The Hall–Kier alpha value is 0.526. The van der Waals surface area contributed by atoms with Gasteiger partial charge in [-0.25, -0.2) is 0 Å². The first-order chi connectivity index (χ1) is 12.8. The van der Waals surface area contributed by atoms with Crippen LogP contribution in [0, 0.1) is 0 Å². The van der Waals surface area contributed by atoms with Crippen molar-refractivity contribution in [2.45, 2.75) is 65.2 Å². The molecular formula is C20H42MgO6. The van der Waals surface area contributed by atoms with E-state index in [2.05, 4.69) is 13.8 Å². The first kappa shape index (κ1) is 32.2. The van der Waals surface area contributed by atoms with E-state index in [1.54, 1.807) is 0 Å². The molecule has 0 saturated heterocycles. The molecule has 0 unspecified atom stereocenters. The van der Waals surface area contributed by atoms with E-state index < -0.39 is 0 Å². The molecule has 160 valence electrons. The van der Waals surface area contributed by atoms with Crippen LogP contribution in [0.5, 0.6) is 0 Å². The Morgan fingerprint density at radius 1 is 0.444 bits per heavy atom. The molecule has 27 heavy (non-hydrogen) atoms. The first-order valence-corrected chi connectivity index (χ1v) is 10.3. The minimum absolute atomic E-state index is 0. The molecule has 0 aromatic rings. The van der Waals surface area contributed by atoms with Gasteiger partial charge in [-0.05, 0) is 12.8 Å². The Morgan fingerprint density at radius 3 is 1.07 bits per heavy atom. The van der Waals surface area contributed by atoms with E-state index in [0.717, 1.165) is 26.1 Å². The van der Waals surface area contributed by atoms with E-state index in [9.17, 15) is 10.2 Å². The van der Waals surface area contributed by atoms with Gasteiger partial charge in [0.1, 0.15) is 0 Å². The molecule has 0 aliphatic heterocycles. The summed E-state index contributed by atoms with van der Waals surface area (Å²) in [5.41, 5.74) is 0. The molecule has 0 radical (unpaired) electrons. The zero-order valence-electron chi connectivity index (χ0n) is 17.9. The van der Waals surface area contributed by atoms with Crippen molar-refractivity contribution >= 4 is 23.1 Å². The fraction of sp³-hybridized carbons (Fsp3) is 1.00. The molecule has 0 rings (SSSR count). The molecule has 0 aromatic carbocycles. The molecule has 0 fully saturated rings. The Bertz CT molecular complexity index is 181. The smallest absolute Gasteiger partial charge is 0.853 e. The van der Waals surface area contributed by atoms with Crippen molar-refractivity contribution < 1.29 is 29.2 Å². The van der Waals surface area contributed by atoms with Crippen LogP contribution in [0.2, 0.25) is 0 Å². The standard InChI is InChI=1S/2C10H21O3.Mg/c2*1-2-3-4-5-7-12-9-10-13-8-6-11;/h2*2-10H2,1H3;/q2*-1;+2. The largest absolute Gasteiger partial charge is 2.00 e. The summed E-state index contributed by atoms with van der Waals surface area (Å²) in [6, 6.07) is 0. The van der Waals surface area contributed by atoms with Crippen LogP contribution >= 0.6 is 0 Å². The number of hydrogen-bond donors (Lipinski definition) is 0. The Morgan fingerprint density at radius 2 is 0.778 bits per heavy atom. The van der Waals surface area contributed by atoms with E-state index >= 15 is 0 Å². The van der Waals surface area contributed by atoms with Gasteiger partial charge in [-0.1, -0.05) is 52.4 Å². The fourth-order valence-corrected chi connectivity index (χ4v) is 2.02. The molecule has 0 heterocycles. The fourth-order valence-electron chi connectivity index (χ4n) is 2.02. The molecule has 0 aromatic heterocycles. The van der Waals surface area contributed by atoms with Crippen LogP contribution in [0.3, 0.4) is 0 Å². The maximum absolute atomic E-state index is 9.97. The summed E-state index contributed by atoms with van der Waals surface area (Å²) in [6.45, 7) is 8.66. The predicted molar refractivity (Wildman–Crippen MR) is 107 cm³/mol. The van der Waals surface area contributed by atoms with Gasteiger partial charge in [0.2, 0.25) is 0 Å². The summed E-state index contributed by atoms with van der Waals surface area (Å²) in [4.78, 5) is 0. The van der Waals surface area contributed by atoms with Crippen LogP contribution in [0.1, 0.15) is 65.2 Å². The maximum atomic E-state index is 9.97. The van der Waals surface area contributed by atoms with E-state index in [1.807, 2.05) is 0 Å². The Balaban J connectivity index is -0.000000411. The van der Waals surface area contributed by atoms with Gasteiger partial charge >= 0.3 is 23.1 Å². The molecule has 0 aliphatic carbocycles. The van der Waals surface area contributed by atoms with Crippen molar-refractivity contribution in [2.75, 3.05) is 66.1 Å². The van der Waals surface area contributed by atoms with Crippen LogP contribution in [0.25, 0.3) is 0 Å². The van der Waals surface area contributed by atoms with Crippen molar-refractivity contribution in [3.05, 3.63) is 0 Å². The zero-order valence-corrected chi connectivity index (χ0v) is 19.3. The summed E-state index contributed by atoms with van der Waals surface area (Å²) in [7, 11) is 0. The van der Waals surface area contributed by atoms with E-state index in [4.69, 9.17) is 18.9 Å². The molecule has 0 atom stereocenters. The van der Waals surface area contributed by atoms with Crippen LogP contribution < -0.4 is 10.2 Å². The van der Waals surface area contributed by atoms with Gasteiger partial charge in [0, 0.05) is 26.4 Å². The minimum Gasteiger partial charge on any atom is -0.853 e. The van der Waals surface area contributed by atoms with Crippen molar-refractivity contribution in [3.8, 4) is 0 Å². The second-order valence-electron chi connectivity index (χ2n) is 5.98. The Labute approximate surface area is 183 Å². The zero-order chi connectivity index (χ0) is 19.6. The maximum Gasteiger partial charge on any atom is 2.00 e. The molecule has 0 amide bonds. The van der Waals surface area contributed by atoms with Gasteiger partial charge in [-0.3, -0.25) is 0 Å². The Kier molecular flexibility index (Phi) is 40.6. The molecule has 7 heteroatoms. The van der Waals surface area contributed by atoms with Crippen LogP contribution in [-0.4, -0.2) is 89.1 Å². The van der Waals surface area contributed by atoms with Gasteiger partial charge in [0.25, 0.3) is 0 Å². The number of unbranched alkanes of at least 4 members (excludes halogenated alkanes) is 6. The third-order valence-electron chi connectivity index (χ3n) is 3.48. The van der Waals surface area contributed by atoms with E-state index in [0.29, 0.717) is 39.6 Å². The minimum atomic E-state index is -0.156. The van der Waals surface area contributed by atoms with E-state index in [-0.39, 0.29) is 36.3 Å². The average molecular weight is 403 g/mol. The van der Waals surface area contributed by atoms with Crippen LogP contribution in [0.15, 0.2) is 0 Å². The van der Waals surface area contributed by atoms with Crippen molar-refractivity contribution in [2.24, 2.45) is 0 Å². The van der Waals surface area contributed by atoms with Crippen molar-refractivity contribution in [3.63, 3.8) is 0 Å². The first-order valence-electron chi connectivity index (χ1n) is 10.3. The summed E-state index contributed by atoms with van der Waals surface area (Å²) in [6.07, 6.45) is 9.85. The summed E-state index contributed by atoms with van der Waals surface area (Å²) in [5, 5.41) is 19.9. The van der Waals surface area contributed by atoms with Crippen LogP contribution in [0.4, 0.5) is 0 Å². The van der Waals surface area contributed by atoms with Gasteiger partial charge in [0.15, 0.2) is 0 Å².